The topological polar surface area (TPSA) is 70.4 Å². The van der Waals surface area contributed by atoms with Crippen LogP contribution in [-0.4, -0.2) is 28.2 Å². The quantitative estimate of drug-likeness (QED) is 0.557. The molecule has 3 aromatic rings. The first-order valence-electron chi connectivity index (χ1n) is 9.35. The van der Waals surface area contributed by atoms with Crippen molar-refractivity contribution in [3.05, 3.63) is 45.8 Å². The number of hydrogen-bond acceptors (Lipinski definition) is 6. The Morgan fingerprint density at radius 2 is 1.96 bits per heavy atom. The van der Waals surface area contributed by atoms with Gasteiger partial charge in [0, 0.05) is 10.4 Å². The molecule has 6 nitrogen and oxygen atoms in total. The van der Waals surface area contributed by atoms with Crippen LogP contribution in [0.3, 0.4) is 0 Å². The molecule has 2 heterocycles. The van der Waals surface area contributed by atoms with Crippen LogP contribution in [0.25, 0.3) is 21.3 Å². The van der Waals surface area contributed by atoms with Gasteiger partial charge in [0.15, 0.2) is 0 Å². The predicted molar refractivity (Wildman–Crippen MR) is 111 cm³/mol. The van der Waals surface area contributed by atoms with E-state index in [0.29, 0.717) is 16.8 Å². The van der Waals surface area contributed by atoms with Crippen LogP contribution in [0.1, 0.15) is 32.1 Å². The van der Waals surface area contributed by atoms with Gasteiger partial charge < -0.3 is 9.47 Å². The maximum atomic E-state index is 13.1. The van der Waals surface area contributed by atoms with Gasteiger partial charge in [0.25, 0.3) is 5.56 Å². The maximum Gasteiger partial charge on any atom is 0.326 e. The van der Waals surface area contributed by atoms with E-state index in [9.17, 15) is 9.59 Å². The molecule has 0 unspecified atom stereocenters. The molecule has 0 radical (unpaired) electrons. The molecule has 28 heavy (non-hydrogen) atoms. The summed E-state index contributed by atoms with van der Waals surface area (Å²) in [4.78, 5) is 31.3. The van der Waals surface area contributed by atoms with E-state index in [1.54, 1.807) is 0 Å². The first-order valence-corrected chi connectivity index (χ1v) is 10.2. The number of hydrogen-bond donors (Lipinski definition) is 0. The van der Waals surface area contributed by atoms with Crippen molar-refractivity contribution in [3.63, 3.8) is 0 Å². The van der Waals surface area contributed by atoms with Crippen molar-refractivity contribution >= 4 is 27.5 Å². The molecule has 0 fully saturated rings. The Morgan fingerprint density at radius 3 is 2.61 bits per heavy atom. The number of aromatic nitrogens is 2. The predicted octanol–water partition coefficient (Wildman–Crippen LogP) is 4.17. The molecule has 0 aliphatic rings. The number of benzene rings is 1. The van der Waals surface area contributed by atoms with Crippen LogP contribution in [0.2, 0.25) is 0 Å². The van der Waals surface area contributed by atoms with Gasteiger partial charge in [0.1, 0.15) is 17.1 Å². The van der Waals surface area contributed by atoms with Crippen LogP contribution < -0.4 is 10.3 Å². The molecule has 1 aromatic carbocycles. The Kier molecular flexibility index (Phi) is 6.14. The first-order chi connectivity index (χ1) is 13.4. The second kappa shape index (κ2) is 8.56. The first kappa shape index (κ1) is 20.1. The maximum absolute atomic E-state index is 13.1. The summed E-state index contributed by atoms with van der Waals surface area (Å²) in [5.41, 5.74) is 1.54. The largest absolute Gasteiger partial charge is 0.494 e. The van der Waals surface area contributed by atoms with Crippen LogP contribution in [-0.2, 0) is 16.1 Å². The van der Waals surface area contributed by atoms with E-state index in [4.69, 9.17) is 9.47 Å². The lowest BCUT2D eigenvalue weighted by Gasteiger charge is -2.11. The number of rotatable bonds is 7. The number of esters is 1. The Morgan fingerprint density at radius 1 is 1.25 bits per heavy atom. The molecule has 0 aliphatic carbocycles. The zero-order valence-corrected chi connectivity index (χ0v) is 17.3. The van der Waals surface area contributed by atoms with E-state index in [1.807, 2.05) is 52.0 Å². The SMILES string of the molecule is CCOc1ccc(-c2c(C)sc3ncn(CC(=O)O[C@@H](C)CC)c(=O)c23)cc1. The minimum atomic E-state index is -0.438. The summed E-state index contributed by atoms with van der Waals surface area (Å²) in [6.45, 7) is 8.12. The van der Waals surface area contributed by atoms with Gasteiger partial charge in [-0.05, 0) is 44.9 Å². The number of thiophene rings is 1. The molecule has 0 bridgehead atoms. The standard InChI is InChI=1S/C21H24N2O4S/c1-5-13(3)27-17(24)11-23-12-22-20-19(21(23)25)18(14(4)28-20)15-7-9-16(10-8-15)26-6-2/h7-10,12-13H,5-6,11H2,1-4H3/t13-/m0/s1. The van der Waals surface area contributed by atoms with Crippen molar-refractivity contribution in [3.8, 4) is 16.9 Å². The van der Waals surface area contributed by atoms with Gasteiger partial charge in [-0.15, -0.1) is 11.3 Å². The highest BCUT2D eigenvalue weighted by Gasteiger charge is 2.18. The fourth-order valence-corrected chi connectivity index (χ4v) is 3.97. The van der Waals surface area contributed by atoms with Gasteiger partial charge in [0.05, 0.1) is 24.4 Å². The van der Waals surface area contributed by atoms with Crippen molar-refractivity contribution in [2.75, 3.05) is 6.61 Å². The summed E-state index contributed by atoms with van der Waals surface area (Å²) in [5, 5.41) is 0.533. The van der Waals surface area contributed by atoms with Gasteiger partial charge in [0.2, 0.25) is 0 Å². The van der Waals surface area contributed by atoms with E-state index < -0.39 is 5.97 Å². The third-order valence-corrected chi connectivity index (χ3v) is 5.53. The molecule has 0 saturated heterocycles. The summed E-state index contributed by atoms with van der Waals surface area (Å²) in [7, 11) is 0. The number of carbonyl (C=O) groups excluding carboxylic acids is 1. The molecule has 7 heteroatoms. The van der Waals surface area contributed by atoms with E-state index in [2.05, 4.69) is 4.98 Å². The fraction of sp³-hybridized carbons (Fsp3) is 0.381. The van der Waals surface area contributed by atoms with Crippen molar-refractivity contribution in [1.82, 2.24) is 9.55 Å². The van der Waals surface area contributed by atoms with Gasteiger partial charge >= 0.3 is 5.97 Å². The Balaban J connectivity index is 2.01. The summed E-state index contributed by atoms with van der Waals surface area (Å²) in [6.07, 6.45) is 1.96. The fourth-order valence-electron chi connectivity index (χ4n) is 2.97. The lowest BCUT2D eigenvalue weighted by molar-refractivity contribution is -0.149. The average molecular weight is 401 g/mol. The summed E-state index contributed by atoms with van der Waals surface area (Å²) < 4.78 is 12.1. The third-order valence-electron chi connectivity index (χ3n) is 4.52. The highest BCUT2D eigenvalue weighted by atomic mass is 32.1. The number of nitrogens with zero attached hydrogens (tertiary/aromatic N) is 2. The van der Waals surface area contributed by atoms with E-state index in [-0.39, 0.29) is 18.2 Å². The van der Waals surface area contributed by atoms with Crippen LogP contribution in [0, 0.1) is 6.92 Å². The van der Waals surface area contributed by atoms with Gasteiger partial charge in [-0.2, -0.15) is 0 Å². The molecular weight excluding hydrogens is 376 g/mol. The molecule has 148 valence electrons. The molecule has 1 atom stereocenters. The van der Waals surface area contributed by atoms with Gasteiger partial charge in [-0.25, -0.2) is 4.98 Å². The van der Waals surface area contributed by atoms with Crippen LogP contribution in [0.5, 0.6) is 5.75 Å². The Labute approximate surface area is 167 Å². The zero-order valence-electron chi connectivity index (χ0n) is 16.5. The van der Waals surface area contributed by atoms with Crippen LogP contribution in [0.4, 0.5) is 0 Å². The number of ether oxygens (including phenoxy) is 2. The minimum absolute atomic E-state index is 0.149. The highest BCUT2D eigenvalue weighted by Crippen LogP contribution is 2.36. The average Bonchev–Trinajstić information content (AvgIpc) is 3.01. The zero-order chi connectivity index (χ0) is 20.3. The second-order valence-corrected chi connectivity index (χ2v) is 7.76. The smallest absolute Gasteiger partial charge is 0.326 e. The molecule has 0 saturated carbocycles. The second-order valence-electron chi connectivity index (χ2n) is 6.56. The van der Waals surface area contributed by atoms with E-state index >= 15 is 0 Å². The molecule has 0 spiro atoms. The van der Waals surface area contributed by atoms with Crippen molar-refractivity contribution < 1.29 is 14.3 Å². The molecule has 0 N–H and O–H groups in total. The molecule has 0 aliphatic heterocycles. The number of carbonyl (C=O) groups is 1. The van der Waals surface area contributed by atoms with Crippen LogP contribution in [0.15, 0.2) is 35.4 Å². The monoisotopic (exact) mass is 400 g/mol. The third kappa shape index (κ3) is 4.09. The molecule has 2 aromatic heterocycles. The number of fused-ring (bicyclic) bond motifs is 1. The van der Waals surface area contributed by atoms with Gasteiger partial charge in [-0.1, -0.05) is 19.1 Å². The summed E-state index contributed by atoms with van der Waals surface area (Å²) >= 11 is 1.47. The van der Waals surface area contributed by atoms with Crippen LogP contribution >= 0.6 is 11.3 Å². The number of aryl methyl sites for hydroxylation is 1. The minimum Gasteiger partial charge on any atom is -0.494 e. The van der Waals surface area contributed by atoms with E-state index in [1.165, 1.54) is 22.2 Å². The molecule has 3 rings (SSSR count). The Bertz CT molecular complexity index is 1040. The van der Waals surface area contributed by atoms with E-state index in [0.717, 1.165) is 28.2 Å². The molecule has 0 amide bonds. The van der Waals surface area contributed by atoms with Gasteiger partial charge in [-0.3, -0.25) is 14.2 Å². The lowest BCUT2D eigenvalue weighted by atomic mass is 10.0. The molecular formula is C21H24N2O4S. The normalized spacial score (nSPS) is 12.1. The lowest BCUT2D eigenvalue weighted by Crippen LogP contribution is -2.27. The van der Waals surface area contributed by atoms with Crippen molar-refractivity contribution in [1.29, 1.82) is 0 Å². The van der Waals surface area contributed by atoms with Crippen molar-refractivity contribution in [2.24, 2.45) is 0 Å². The summed E-state index contributed by atoms with van der Waals surface area (Å²) in [6, 6.07) is 7.65. The Hall–Kier alpha value is -2.67. The highest BCUT2D eigenvalue weighted by molar-refractivity contribution is 7.19. The summed E-state index contributed by atoms with van der Waals surface area (Å²) in [5.74, 6) is 0.346. The van der Waals surface area contributed by atoms with Crippen molar-refractivity contribution in [2.45, 2.75) is 46.8 Å².